The molecule has 0 saturated heterocycles. The van der Waals surface area contributed by atoms with Crippen molar-refractivity contribution in [1.82, 2.24) is 5.32 Å². The second kappa shape index (κ2) is 7.83. The van der Waals surface area contributed by atoms with Gasteiger partial charge in [-0.2, -0.15) is 0 Å². The summed E-state index contributed by atoms with van der Waals surface area (Å²) < 4.78 is 4.89. The maximum atomic E-state index is 12.0. The van der Waals surface area contributed by atoms with E-state index in [4.69, 9.17) is 16.3 Å². The predicted molar refractivity (Wildman–Crippen MR) is 81.1 cm³/mol. The SMILES string of the molecule is COc1ccc(C(=O)NCC(Cl)CC(C)C)cc1[N+](=O)[O-]. The van der Waals surface area contributed by atoms with Gasteiger partial charge in [-0.05, 0) is 24.5 Å². The molecule has 0 aromatic heterocycles. The number of hydrogen-bond donors (Lipinski definition) is 1. The summed E-state index contributed by atoms with van der Waals surface area (Å²) in [5.74, 6) is 0.160. The van der Waals surface area contributed by atoms with Crippen molar-refractivity contribution in [2.24, 2.45) is 5.92 Å². The highest BCUT2D eigenvalue weighted by molar-refractivity contribution is 6.21. The zero-order chi connectivity index (χ0) is 16.0. The number of ether oxygens (including phenoxy) is 1. The fourth-order valence-electron chi connectivity index (χ4n) is 1.87. The van der Waals surface area contributed by atoms with E-state index >= 15 is 0 Å². The first-order chi connectivity index (χ1) is 9.85. The van der Waals surface area contributed by atoms with Gasteiger partial charge in [0, 0.05) is 18.2 Å². The normalized spacial score (nSPS) is 12.0. The number of halogens is 1. The van der Waals surface area contributed by atoms with Crippen LogP contribution in [0, 0.1) is 16.0 Å². The molecule has 1 atom stereocenters. The van der Waals surface area contributed by atoms with Crippen molar-refractivity contribution in [2.75, 3.05) is 13.7 Å². The Balaban J connectivity index is 2.75. The summed E-state index contributed by atoms with van der Waals surface area (Å²) in [5, 5.41) is 13.4. The first-order valence-corrected chi connectivity index (χ1v) is 7.03. The van der Waals surface area contributed by atoms with E-state index in [-0.39, 0.29) is 22.4 Å². The number of hydrogen-bond acceptors (Lipinski definition) is 4. The number of alkyl halides is 1. The Hall–Kier alpha value is -1.82. The van der Waals surface area contributed by atoms with Crippen LogP contribution in [0.2, 0.25) is 0 Å². The van der Waals surface area contributed by atoms with Crippen LogP contribution in [0.1, 0.15) is 30.6 Å². The van der Waals surface area contributed by atoms with Crippen molar-refractivity contribution in [3.8, 4) is 5.75 Å². The lowest BCUT2D eigenvalue weighted by Crippen LogP contribution is -2.30. The Kier molecular flexibility index (Phi) is 6.42. The molecular formula is C14H19ClN2O4. The van der Waals surface area contributed by atoms with E-state index in [2.05, 4.69) is 5.32 Å². The molecule has 0 spiro atoms. The van der Waals surface area contributed by atoms with E-state index in [1.54, 1.807) is 0 Å². The minimum absolute atomic E-state index is 0.117. The van der Waals surface area contributed by atoms with Gasteiger partial charge < -0.3 is 10.1 Å². The zero-order valence-electron chi connectivity index (χ0n) is 12.3. The van der Waals surface area contributed by atoms with Gasteiger partial charge in [0.25, 0.3) is 5.91 Å². The van der Waals surface area contributed by atoms with Gasteiger partial charge in [0.15, 0.2) is 5.75 Å². The van der Waals surface area contributed by atoms with E-state index in [0.717, 1.165) is 6.42 Å². The molecule has 0 bridgehead atoms. The molecule has 0 fully saturated rings. The van der Waals surface area contributed by atoms with Gasteiger partial charge in [-0.3, -0.25) is 14.9 Å². The lowest BCUT2D eigenvalue weighted by molar-refractivity contribution is -0.385. The molecule has 7 heteroatoms. The van der Waals surface area contributed by atoms with Crippen LogP contribution in [0.4, 0.5) is 5.69 Å². The van der Waals surface area contributed by atoms with Crippen LogP contribution in [0.15, 0.2) is 18.2 Å². The summed E-state index contributed by atoms with van der Waals surface area (Å²) in [5.41, 5.74) is -0.0364. The Morgan fingerprint density at radius 1 is 1.48 bits per heavy atom. The van der Waals surface area contributed by atoms with E-state index < -0.39 is 10.8 Å². The smallest absolute Gasteiger partial charge is 0.311 e. The standard InChI is InChI=1S/C14H19ClN2O4/c1-9(2)6-11(15)8-16-14(18)10-4-5-13(21-3)12(7-10)17(19)20/h4-5,7,9,11H,6,8H2,1-3H3,(H,16,18). The summed E-state index contributed by atoms with van der Waals surface area (Å²) >= 11 is 6.09. The molecule has 0 radical (unpaired) electrons. The summed E-state index contributed by atoms with van der Waals surface area (Å²) in [7, 11) is 1.34. The molecule has 1 aromatic rings. The third-order valence-electron chi connectivity index (χ3n) is 2.85. The third kappa shape index (κ3) is 5.23. The molecule has 1 unspecified atom stereocenters. The van der Waals surface area contributed by atoms with Crippen molar-refractivity contribution in [3.05, 3.63) is 33.9 Å². The number of benzene rings is 1. The molecule has 0 aliphatic carbocycles. The van der Waals surface area contributed by atoms with Gasteiger partial charge in [0.05, 0.1) is 17.4 Å². The van der Waals surface area contributed by atoms with Crippen molar-refractivity contribution in [2.45, 2.75) is 25.6 Å². The van der Waals surface area contributed by atoms with E-state index in [9.17, 15) is 14.9 Å². The second-order valence-electron chi connectivity index (χ2n) is 5.08. The summed E-state index contributed by atoms with van der Waals surface area (Å²) in [4.78, 5) is 22.3. The predicted octanol–water partition coefficient (Wildman–Crippen LogP) is 2.99. The fourth-order valence-corrected chi connectivity index (χ4v) is 2.31. The van der Waals surface area contributed by atoms with Crippen molar-refractivity contribution in [3.63, 3.8) is 0 Å². The van der Waals surface area contributed by atoms with Crippen LogP contribution >= 0.6 is 11.6 Å². The number of nitrogens with zero attached hydrogens (tertiary/aromatic N) is 1. The van der Waals surface area contributed by atoms with Gasteiger partial charge >= 0.3 is 5.69 Å². The quantitative estimate of drug-likeness (QED) is 0.476. The molecule has 0 heterocycles. The molecule has 0 aliphatic heterocycles. The van der Waals surface area contributed by atoms with E-state index in [1.165, 1.54) is 25.3 Å². The number of amides is 1. The van der Waals surface area contributed by atoms with Gasteiger partial charge in [0.2, 0.25) is 0 Å². The molecule has 116 valence electrons. The number of nitro benzene ring substituents is 1. The van der Waals surface area contributed by atoms with Gasteiger partial charge in [-0.15, -0.1) is 11.6 Å². The largest absolute Gasteiger partial charge is 0.490 e. The highest BCUT2D eigenvalue weighted by Crippen LogP contribution is 2.27. The van der Waals surface area contributed by atoms with Gasteiger partial charge in [-0.1, -0.05) is 13.8 Å². The molecule has 1 N–H and O–H groups in total. The molecule has 6 nitrogen and oxygen atoms in total. The number of carbonyl (C=O) groups excluding carboxylic acids is 1. The van der Waals surface area contributed by atoms with Crippen LogP contribution < -0.4 is 10.1 Å². The molecule has 1 aromatic carbocycles. The topological polar surface area (TPSA) is 81.5 Å². The van der Waals surface area contributed by atoms with Gasteiger partial charge in [0.1, 0.15) is 0 Å². The average molecular weight is 315 g/mol. The maximum Gasteiger partial charge on any atom is 0.311 e. The summed E-state index contributed by atoms with van der Waals surface area (Å²) in [6.45, 7) is 4.41. The van der Waals surface area contributed by atoms with Crippen molar-refractivity contribution >= 4 is 23.2 Å². The fraction of sp³-hybridized carbons (Fsp3) is 0.500. The highest BCUT2D eigenvalue weighted by atomic mass is 35.5. The van der Waals surface area contributed by atoms with E-state index in [0.29, 0.717) is 12.5 Å². The lowest BCUT2D eigenvalue weighted by atomic mass is 10.1. The lowest BCUT2D eigenvalue weighted by Gasteiger charge is -2.13. The van der Waals surface area contributed by atoms with Crippen LogP contribution in [0.3, 0.4) is 0 Å². The molecule has 1 amide bonds. The highest BCUT2D eigenvalue weighted by Gasteiger charge is 2.18. The van der Waals surface area contributed by atoms with Gasteiger partial charge in [-0.25, -0.2) is 0 Å². The number of nitro groups is 1. The average Bonchev–Trinajstić information content (AvgIpc) is 2.43. The van der Waals surface area contributed by atoms with Crippen molar-refractivity contribution in [1.29, 1.82) is 0 Å². The Bertz CT molecular complexity index is 520. The molecular weight excluding hydrogens is 296 g/mol. The maximum absolute atomic E-state index is 12.0. The molecule has 0 aliphatic rings. The first kappa shape index (κ1) is 17.2. The zero-order valence-corrected chi connectivity index (χ0v) is 13.0. The number of nitrogens with one attached hydrogen (secondary N) is 1. The number of methoxy groups -OCH3 is 1. The van der Waals surface area contributed by atoms with Crippen LogP contribution in [-0.2, 0) is 0 Å². The van der Waals surface area contributed by atoms with E-state index in [1.807, 2.05) is 13.8 Å². The van der Waals surface area contributed by atoms with Crippen LogP contribution in [-0.4, -0.2) is 29.9 Å². The molecule has 21 heavy (non-hydrogen) atoms. The molecule has 0 saturated carbocycles. The van der Waals surface area contributed by atoms with Crippen LogP contribution in [0.5, 0.6) is 5.75 Å². The minimum Gasteiger partial charge on any atom is -0.490 e. The Morgan fingerprint density at radius 3 is 2.67 bits per heavy atom. The Labute approximate surface area is 128 Å². The Morgan fingerprint density at radius 2 is 2.14 bits per heavy atom. The minimum atomic E-state index is -0.585. The monoisotopic (exact) mass is 314 g/mol. The first-order valence-electron chi connectivity index (χ1n) is 6.59. The third-order valence-corrected chi connectivity index (χ3v) is 3.18. The molecule has 1 rings (SSSR count). The number of rotatable bonds is 7. The van der Waals surface area contributed by atoms with Crippen LogP contribution in [0.25, 0.3) is 0 Å². The number of carbonyl (C=O) groups is 1. The second-order valence-corrected chi connectivity index (χ2v) is 5.70. The summed E-state index contributed by atoms with van der Waals surface area (Å²) in [6, 6.07) is 4.08. The van der Waals surface area contributed by atoms with Crippen molar-refractivity contribution < 1.29 is 14.5 Å². The summed E-state index contributed by atoms with van der Waals surface area (Å²) in [6.07, 6.45) is 0.782.